The van der Waals surface area contributed by atoms with Crippen molar-refractivity contribution in [1.82, 2.24) is 4.90 Å². The minimum atomic E-state index is -1.20. The summed E-state index contributed by atoms with van der Waals surface area (Å²) in [5, 5.41) is 13.4. The average molecular weight is 469 g/mol. The van der Waals surface area contributed by atoms with Crippen LogP contribution in [0.4, 0.5) is 11.4 Å². The third-order valence-electron chi connectivity index (χ3n) is 5.12. The van der Waals surface area contributed by atoms with Gasteiger partial charge in [0.25, 0.3) is 23.4 Å². The Hall–Kier alpha value is -4.28. The summed E-state index contributed by atoms with van der Waals surface area (Å²) in [7, 11) is 1.29. The standard InChI is InChI=1S/C23H23N3O8/c1-13(2)10-18(25-21(28)15-6-4-5-7-16(15)22(25)29)23(30)34-12-20(27)24-17-9-8-14(26(31)32)11-19(17)33-3/h4-9,11,13,18H,10,12H2,1-3H3,(H,24,27)/t18-/m1/s1. The molecule has 178 valence electrons. The third kappa shape index (κ3) is 5.03. The topological polar surface area (TPSA) is 145 Å². The molecule has 1 heterocycles. The van der Waals surface area contributed by atoms with E-state index in [1.54, 1.807) is 12.1 Å². The number of anilines is 1. The van der Waals surface area contributed by atoms with Gasteiger partial charge in [0.1, 0.15) is 11.8 Å². The van der Waals surface area contributed by atoms with E-state index in [2.05, 4.69) is 5.32 Å². The van der Waals surface area contributed by atoms with Crippen molar-refractivity contribution in [2.75, 3.05) is 19.0 Å². The van der Waals surface area contributed by atoms with Crippen LogP contribution in [0.1, 0.15) is 41.0 Å². The van der Waals surface area contributed by atoms with Crippen LogP contribution >= 0.6 is 0 Å². The summed E-state index contributed by atoms with van der Waals surface area (Å²) in [4.78, 5) is 62.0. The zero-order chi connectivity index (χ0) is 25.0. The molecule has 0 bridgehead atoms. The highest BCUT2D eigenvalue weighted by molar-refractivity contribution is 6.22. The van der Waals surface area contributed by atoms with Crippen molar-refractivity contribution in [3.63, 3.8) is 0 Å². The molecule has 2 aromatic rings. The number of imide groups is 1. The maximum absolute atomic E-state index is 12.9. The van der Waals surface area contributed by atoms with Crippen LogP contribution in [0.2, 0.25) is 0 Å². The van der Waals surface area contributed by atoms with Gasteiger partial charge in [0.2, 0.25) is 0 Å². The van der Waals surface area contributed by atoms with Crippen molar-refractivity contribution in [3.8, 4) is 5.75 Å². The van der Waals surface area contributed by atoms with E-state index < -0.39 is 41.3 Å². The van der Waals surface area contributed by atoms with Crippen LogP contribution in [0, 0.1) is 16.0 Å². The summed E-state index contributed by atoms with van der Waals surface area (Å²) in [6, 6.07) is 8.69. The lowest BCUT2D eigenvalue weighted by Crippen LogP contribution is -2.46. The first-order chi connectivity index (χ1) is 16.1. The number of hydrogen-bond acceptors (Lipinski definition) is 8. The van der Waals surface area contributed by atoms with Crippen LogP contribution in [0.5, 0.6) is 5.75 Å². The van der Waals surface area contributed by atoms with Gasteiger partial charge in [-0.05, 0) is 30.5 Å². The molecule has 0 fully saturated rings. The highest BCUT2D eigenvalue weighted by atomic mass is 16.6. The number of non-ortho nitro benzene ring substituents is 1. The van der Waals surface area contributed by atoms with Gasteiger partial charge in [-0.3, -0.25) is 29.4 Å². The molecular formula is C23H23N3O8. The molecule has 1 atom stereocenters. The second kappa shape index (κ2) is 10.1. The number of rotatable bonds is 9. The van der Waals surface area contributed by atoms with E-state index in [0.717, 1.165) is 11.0 Å². The molecule has 3 rings (SSSR count). The summed E-state index contributed by atoms with van der Waals surface area (Å²) in [5.41, 5.74) is 0.334. The van der Waals surface area contributed by atoms with E-state index in [4.69, 9.17) is 9.47 Å². The van der Waals surface area contributed by atoms with E-state index in [1.165, 1.54) is 31.4 Å². The first-order valence-corrected chi connectivity index (χ1v) is 10.4. The van der Waals surface area contributed by atoms with Crippen LogP contribution in [0.3, 0.4) is 0 Å². The lowest BCUT2D eigenvalue weighted by atomic mass is 10.0. The predicted molar refractivity (Wildman–Crippen MR) is 119 cm³/mol. The van der Waals surface area contributed by atoms with Gasteiger partial charge < -0.3 is 14.8 Å². The molecule has 34 heavy (non-hydrogen) atoms. The lowest BCUT2D eigenvalue weighted by Gasteiger charge is -2.25. The normalized spacial score (nSPS) is 13.5. The number of carbonyl (C=O) groups excluding carboxylic acids is 4. The minimum Gasteiger partial charge on any atom is -0.494 e. The Morgan fingerprint density at radius 2 is 1.71 bits per heavy atom. The van der Waals surface area contributed by atoms with Crippen molar-refractivity contribution >= 4 is 35.1 Å². The van der Waals surface area contributed by atoms with E-state index in [0.29, 0.717) is 0 Å². The molecular weight excluding hydrogens is 446 g/mol. The Morgan fingerprint density at radius 1 is 1.09 bits per heavy atom. The molecule has 0 aliphatic carbocycles. The number of ether oxygens (including phenoxy) is 2. The Labute approximate surface area is 194 Å². The first-order valence-electron chi connectivity index (χ1n) is 10.4. The van der Waals surface area contributed by atoms with Gasteiger partial charge >= 0.3 is 5.97 Å². The van der Waals surface area contributed by atoms with Gasteiger partial charge in [-0.1, -0.05) is 26.0 Å². The van der Waals surface area contributed by atoms with Gasteiger partial charge in [0.05, 0.1) is 34.9 Å². The highest BCUT2D eigenvalue weighted by Crippen LogP contribution is 2.29. The number of methoxy groups -OCH3 is 1. The van der Waals surface area contributed by atoms with E-state index >= 15 is 0 Å². The fourth-order valence-corrected chi connectivity index (χ4v) is 3.56. The molecule has 3 amide bonds. The molecule has 0 spiro atoms. The molecule has 0 unspecified atom stereocenters. The number of carbonyl (C=O) groups is 4. The van der Waals surface area contributed by atoms with Crippen molar-refractivity contribution in [2.24, 2.45) is 5.92 Å². The van der Waals surface area contributed by atoms with Crippen LogP contribution in [0.25, 0.3) is 0 Å². The molecule has 0 saturated heterocycles. The number of nitro groups is 1. The zero-order valence-electron chi connectivity index (χ0n) is 18.8. The number of fused-ring (bicyclic) bond motifs is 1. The number of nitrogens with one attached hydrogen (secondary N) is 1. The molecule has 1 aliphatic rings. The lowest BCUT2D eigenvalue weighted by molar-refractivity contribution is -0.384. The highest BCUT2D eigenvalue weighted by Gasteiger charge is 2.43. The van der Waals surface area contributed by atoms with E-state index in [9.17, 15) is 29.3 Å². The minimum absolute atomic E-state index is 0.0533. The Balaban J connectivity index is 1.70. The largest absolute Gasteiger partial charge is 0.494 e. The first kappa shape index (κ1) is 24.4. The Bertz CT molecular complexity index is 1130. The van der Waals surface area contributed by atoms with E-state index in [-0.39, 0.29) is 40.6 Å². The number of amides is 3. The van der Waals surface area contributed by atoms with Crippen molar-refractivity contribution in [2.45, 2.75) is 26.3 Å². The van der Waals surface area contributed by atoms with Gasteiger partial charge in [-0.15, -0.1) is 0 Å². The van der Waals surface area contributed by atoms with Crippen molar-refractivity contribution in [1.29, 1.82) is 0 Å². The smallest absolute Gasteiger partial charge is 0.329 e. The molecule has 0 aromatic heterocycles. The third-order valence-corrected chi connectivity index (χ3v) is 5.12. The SMILES string of the molecule is COc1cc([N+](=O)[O-])ccc1NC(=O)COC(=O)[C@@H](CC(C)C)N1C(=O)c2ccccc2C1=O. The number of nitrogens with zero attached hydrogens (tertiary/aromatic N) is 2. The fourth-order valence-electron chi connectivity index (χ4n) is 3.56. The fraction of sp³-hybridized carbons (Fsp3) is 0.304. The Morgan fingerprint density at radius 3 is 2.24 bits per heavy atom. The molecule has 2 aromatic carbocycles. The number of nitro benzene ring substituents is 1. The van der Waals surface area contributed by atoms with Crippen LogP contribution < -0.4 is 10.1 Å². The van der Waals surface area contributed by atoms with Crippen LogP contribution in [-0.2, 0) is 14.3 Å². The summed E-state index contributed by atoms with van der Waals surface area (Å²) in [5.74, 6) is -2.82. The van der Waals surface area contributed by atoms with Gasteiger partial charge in [0.15, 0.2) is 6.61 Å². The average Bonchev–Trinajstić information content (AvgIpc) is 3.06. The summed E-state index contributed by atoms with van der Waals surface area (Å²) in [6.45, 7) is 2.95. The predicted octanol–water partition coefficient (Wildman–Crippen LogP) is 2.80. The maximum Gasteiger partial charge on any atom is 0.329 e. The van der Waals surface area contributed by atoms with Crippen LogP contribution in [0.15, 0.2) is 42.5 Å². The van der Waals surface area contributed by atoms with Gasteiger partial charge in [-0.25, -0.2) is 4.79 Å². The summed E-state index contributed by atoms with van der Waals surface area (Å²) >= 11 is 0. The number of benzene rings is 2. The molecule has 0 saturated carbocycles. The zero-order valence-corrected chi connectivity index (χ0v) is 18.8. The molecule has 11 nitrogen and oxygen atoms in total. The van der Waals surface area contributed by atoms with Crippen molar-refractivity contribution < 1.29 is 33.6 Å². The monoisotopic (exact) mass is 469 g/mol. The molecule has 0 radical (unpaired) electrons. The second-order valence-electron chi connectivity index (χ2n) is 7.97. The van der Waals surface area contributed by atoms with E-state index in [1.807, 2.05) is 13.8 Å². The van der Waals surface area contributed by atoms with Gasteiger partial charge in [0, 0.05) is 6.07 Å². The van der Waals surface area contributed by atoms with Crippen molar-refractivity contribution in [3.05, 3.63) is 63.7 Å². The summed E-state index contributed by atoms with van der Waals surface area (Å²) in [6.07, 6.45) is 0.155. The summed E-state index contributed by atoms with van der Waals surface area (Å²) < 4.78 is 10.2. The molecule has 1 aliphatic heterocycles. The Kier molecular flexibility index (Phi) is 7.24. The second-order valence-corrected chi connectivity index (χ2v) is 7.97. The number of esters is 1. The maximum atomic E-state index is 12.9. The van der Waals surface area contributed by atoms with Crippen LogP contribution in [-0.4, -0.2) is 53.3 Å². The quantitative estimate of drug-likeness (QED) is 0.255. The number of hydrogen-bond donors (Lipinski definition) is 1. The molecule has 11 heteroatoms. The van der Waals surface area contributed by atoms with Gasteiger partial charge in [-0.2, -0.15) is 0 Å². The molecule has 1 N–H and O–H groups in total.